The lowest BCUT2D eigenvalue weighted by Crippen LogP contribution is -2.37. The van der Waals surface area contributed by atoms with E-state index in [1.54, 1.807) is 20.8 Å². The zero-order valence-electron chi connectivity index (χ0n) is 10.9. The molecule has 0 aliphatic heterocycles. The number of alkyl carbamates (subject to hydrolysis) is 1. The van der Waals surface area contributed by atoms with Crippen LogP contribution in [0.2, 0.25) is 0 Å². The fourth-order valence-corrected chi connectivity index (χ4v) is 1.16. The highest BCUT2D eigenvalue weighted by Gasteiger charge is 2.27. The summed E-state index contributed by atoms with van der Waals surface area (Å²) in [6, 6.07) is -1.01. The average molecular weight is 264 g/mol. The van der Waals surface area contributed by atoms with Gasteiger partial charge in [0.05, 0.1) is 6.04 Å². The van der Waals surface area contributed by atoms with Crippen molar-refractivity contribution in [1.29, 1.82) is 0 Å². The van der Waals surface area contributed by atoms with Crippen molar-refractivity contribution in [3.8, 4) is 0 Å². The van der Waals surface area contributed by atoms with E-state index in [9.17, 15) is 13.6 Å². The first-order valence-corrected chi connectivity index (χ1v) is 5.42. The van der Waals surface area contributed by atoms with Crippen LogP contribution in [0.5, 0.6) is 0 Å². The average Bonchev–Trinajstić information content (AvgIpc) is 2.09. The van der Waals surface area contributed by atoms with Crippen molar-refractivity contribution >= 4 is 6.09 Å². The molecule has 1 atom stereocenters. The van der Waals surface area contributed by atoms with Crippen LogP contribution in [0.3, 0.4) is 0 Å². The van der Waals surface area contributed by atoms with Crippen LogP contribution in [0.25, 0.3) is 10.4 Å². The van der Waals surface area contributed by atoms with Crippen molar-refractivity contribution in [3.05, 3.63) is 10.4 Å². The fraction of sp³-hybridized carbons (Fsp3) is 0.900. The van der Waals surface area contributed by atoms with E-state index >= 15 is 0 Å². The van der Waals surface area contributed by atoms with Gasteiger partial charge in [-0.1, -0.05) is 5.11 Å². The standard InChI is InChI=1S/C10H18F2N4O2/c1-9(2,3)18-8(17)14-6-7(15-16-13)5-10(4,11)12/h7H,5-6H2,1-4H3,(H,14,17). The second-order valence-corrected chi connectivity index (χ2v) is 5.02. The van der Waals surface area contributed by atoms with E-state index in [4.69, 9.17) is 10.3 Å². The number of carbonyl (C=O) groups is 1. The largest absolute Gasteiger partial charge is 0.444 e. The van der Waals surface area contributed by atoms with Gasteiger partial charge in [-0.2, -0.15) is 0 Å². The summed E-state index contributed by atoms with van der Waals surface area (Å²) in [5.41, 5.74) is 7.58. The summed E-state index contributed by atoms with van der Waals surface area (Å²) in [5, 5.41) is 5.50. The minimum Gasteiger partial charge on any atom is -0.444 e. The first-order valence-electron chi connectivity index (χ1n) is 5.42. The molecule has 0 aliphatic carbocycles. The number of hydrogen-bond acceptors (Lipinski definition) is 3. The summed E-state index contributed by atoms with van der Waals surface area (Å²) in [7, 11) is 0. The van der Waals surface area contributed by atoms with Crippen molar-refractivity contribution in [2.75, 3.05) is 6.54 Å². The molecule has 18 heavy (non-hydrogen) atoms. The SMILES string of the molecule is CC(F)(F)CC(CNC(=O)OC(C)(C)C)N=[N+]=[N-]. The molecule has 1 N–H and O–H groups in total. The summed E-state index contributed by atoms with van der Waals surface area (Å²) in [4.78, 5) is 13.7. The van der Waals surface area contributed by atoms with E-state index in [2.05, 4.69) is 15.3 Å². The number of amides is 1. The lowest BCUT2D eigenvalue weighted by atomic mass is 10.1. The van der Waals surface area contributed by atoms with Crippen molar-refractivity contribution < 1.29 is 18.3 Å². The summed E-state index contributed by atoms with van der Waals surface area (Å²) in [6.07, 6.45) is -1.37. The molecule has 0 aromatic heterocycles. The maximum atomic E-state index is 12.8. The topological polar surface area (TPSA) is 87.1 Å². The Kier molecular flexibility index (Phi) is 5.84. The van der Waals surface area contributed by atoms with Crippen LogP contribution in [-0.2, 0) is 4.74 Å². The Morgan fingerprint density at radius 3 is 2.39 bits per heavy atom. The number of carbonyl (C=O) groups excluding carboxylic acids is 1. The summed E-state index contributed by atoms with van der Waals surface area (Å²) in [5.74, 6) is -2.96. The molecule has 0 aromatic carbocycles. The lowest BCUT2D eigenvalue weighted by Gasteiger charge is -2.21. The summed E-state index contributed by atoms with van der Waals surface area (Å²) in [6.45, 7) is 5.57. The van der Waals surface area contributed by atoms with Crippen LogP contribution in [0.4, 0.5) is 13.6 Å². The van der Waals surface area contributed by atoms with Crippen LogP contribution in [0, 0.1) is 0 Å². The Hall–Kier alpha value is -1.56. The number of halogens is 2. The molecule has 0 bridgehead atoms. The minimum atomic E-state index is -2.96. The van der Waals surface area contributed by atoms with Gasteiger partial charge in [-0.05, 0) is 33.2 Å². The number of azide groups is 1. The number of alkyl halides is 2. The quantitative estimate of drug-likeness (QED) is 0.469. The number of hydrogen-bond donors (Lipinski definition) is 1. The Labute approximate surface area is 104 Å². The molecule has 0 aliphatic rings. The minimum absolute atomic E-state index is 0.192. The molecule has 0 radical (unpaired) electrons. The van der Waals surface area contributed by atoms with Crippen molar-refractivity contribution in [2.45, 2.75) is 51.7 Å². The van der Waals surface area contributed by atoms with Gasteiger partial charge in [-0.25, -0.2) is 13.6 Å². The molecule has 0 rings (SSSR count). The number of nitrogens with one attached hydrogen (secondary N) is 1. The molecule has 0 aromatic rings. The van der Waals surface area contributed by atoms with E-state index in [1.807, 2.05) is 0 Å². The first-order chi connectivity index (χ1) is 8.03. The van der Waals surface area contributed by atoms with Crippen molar-refractivity contribution in [2.24, 2.45) is 5.11 Å². The molecule has 0 saturated heterocycles. The van der Waals surface area contributed by atoms with Gasteiger partial charge < -0.3 is 10.1 Å². The van der Waals surface area contributed by atoms with E-state index in [0.29, 0.717) is 0 Å². The highest BCUT2D eigenvalue weighted by molar-refractivity contribution is 5.67. The number of ether oxygens (including phenoxy) is 1. The van der Waals surface area contributed by atoms with E-state index < -0.39 is 30.1 Å². The van der Waals surface area contributed by atoms with Gasteiger partial charge in [0.25, 0.3) is 0 Å². The van der Waals surface area contributed by atoms with Gasteiger partial charge in [0.15, 0.2) is 0 Å². The summed E-state index contributed by atoms with van der Waals surface area (Å²) < 4.78 is 30.5. The Bertz CT molecular complexity index is 330. The highest BCUT2D eigenvalue weighted by atomic mass is 19.3. The van der Waals surface area contributed by atoms with Crippen molar-refractivity contribution in [3.63, 3.8) is 0 Å². The van der Waals surface area contributed by atoms with Crippen LogP contribution >= 0.6 is 0 Å². The molecular weight excluding hydrogens is 246 g/mol. The smallest absolute Gasteiger partial charge is 0.407 e. The Morgan fingerprint density at radius 1 is 1.44 bits per heavy atom. The molecule has 104 valence electrons. The number of nitrogens with zero attached hydrogens (tertiary/aromatic N) is 3. The third-order valence-electron chi connectivity index (χ3n) is 1.69. The Morgan fingerprint density at radius 2 is 2.00 bits per heavy atom. The maximum Gasteiger partial charge on any atom is 0.407 e. The first kappa shape index (κ1) is 16.4. The van der Waals surface area contributed by atoms with Gasteiger partial charge >= 0.3 is 6.09 Å². The number of rotatable bonds is 5. The fourth-order valence-electron chi connectivity index (χ4n) is 1.16. The predicted octanol–water partition coefficient (Wildman–Crippen LogP) is 3.24. The van der Waals surface area contributed by atoms with E-state index in [-0.39, 0.29) is 6.54 Å². The van der Waals surface area contributed by atoms with Crippen LogP contribution in [0.1, 0.15) is 34.1 Å². The van der Waals surface area contributed by atoms with Crippen LogP contribution in [0.15, 0.2) is 5.11 Å². The van der Waals surface area contributed by atoms with Gasteiger partial charge in [-0.3, -0.25) is 0 Å². The third-order valence-corrected chi connectivity index (χ3v) is 1.69. The van der Waals surface area contributed by atoms with Crippen LogP contribution in [-0.4, -0.2) is 30.2 Å². The Balaban J connectivity index is 4.28. The molecule has 6 nitrogen and oxygen atoms in total. The highest BCUT2D eigenvalue weighted by Crippen LogP contribution is 2.20. The molecule has 0 spiro atoms. The lowest BCUT2D eigenvalue weighted by molar-refractivity contribution is 0.00556. The van der Waals surface area contributed by atoms with Gasteiger partial charge in [0.2, 0.25) is 5.92 Å². The zero-order valence-corrected chi connectivity index (χ0v) is 10.9. The molecule has 1 amide bonds. The van der Waals surface area contributed by atoms with Gasteiger partial charge in [0, 0.05) is 17.9 Å². The monoisotopic (exact) mass is 264 g/mol. The van der Waals surface area contributed by atoms with Crippen LogP contribution < -0.4 is 5.32 Å². The molecule has 0 heterocycles. The van der Waals surface area contributed by atoms with Crippen molar-refractivity contribution in [1.82, 2.24) is 5.32 Å². The zero-order chi connectivity index (χ0) is 14.4. The molecule has 8 heteroatoms. The maximum absolute atomic E-state index is 12.8. The predicted molar refractivity (Wildman–Crippen MR) is 62.4 cm³/mol. The van der Waals surface area contributed by atoms with E-state index in [1.165, 1.54) is 0 Å². The summed E-state index contributed by atoms with van der Waals surface area (Å²) >= 11 is 0. The molecule has 0 fully saturated rings. The third kappa shape index (κ3) is 9.65. The molecule has 0 saturated carbocycles. The second-order valence-electron chi connectivity index (χ2n) is 5.02. The van der Waals surface area contributed by atoms with E-state index in [0.717, 1.165) is 6.92 Å². The normalized spacial score (nSPS) is 13.4. The molecule has 1 unspecified atom stereocenters. The van der Waals surface area contributed by atoms with Gasteiger partial charge in [0.1, 0.15) is 5.60 Å². The second kappa shape index (κ2) is 6.39. The van der Waals surface area contributed by atoms with Gasteiger partial charge in [-0.15, -0.1) is 0 Å². The molecular formula is C10H18F2N4O2.